The minimum absolute atomic E-state index is 0.0811. The lowest BCUT2D eigenvalue weighted by Gasteiger charge is -2.11. The van der Waals surface area contributed by atoms with Crippen molar-refractivity contribution in [2.75, 3.05) is 0 Å². The van der Waals surface area contributed by atoms with Crippen LogP contribution in [0.2, 0.25) is 0 Å². The van der Waals surface area contributed by atoms with Gasteiger partial charge < -0.3 is 0 Å². The van der Waals surface area contributed by atoms with Crippen LogP contribution in [0.3, 0.4) is 0 Å². The molecule has 2 aromatic heterocycles. The van der Waals surface area contributed by atoms with E-state index in [9.17, 15) is 8.42 Å². The molecule has 3 rings (SSSR count). The van der Waals surface area contributed by atoms with E-state index in [1.807, 2.05) is 13.8 Å². The first-order valence-corrected chi connectivity index (χ1v) is 9.34. The summed E-state index contributed by atoms with van der Waals surface area (Å²) in [5, 5.41) is 12.9. The van der Waals surface area contributed by atoms with Gasteiger partial charge in [0.1, 0.15) is 0 Å². The van der Waals surface area contributed by atoms with Crippen LogP contribution in [0.5, 0.6) is 0 Å². The van der Waals surface area contributed by atoms with Gasteiger partial charge in [-0.15, -0.1) is 21.5 Å². The molecule has 0 saturated heterocycles. The molecule has 0 atom stereocenters. The summed E-state index contributed by atoms with van der Waals surface area (Å²) >= 11 is 1.68. The van der Waals surface area contributed by atoms with Crippen LogP contribution in [-0.2, 0) is 22.9 Å². The number of nitrogens with two attached hydrogens (primary N) is 1. The third-order valence-electron chi connectivity index (χ3n) is 3.65. The summed E-state index contributed by atoms with van der Waals surface area (Å²) in [4.78, 5) is 2.35. The number of primary sulfonamides is 1. The van der Waals surface area contributed by atoms with Gasteiger partial charge in [-0.3, -0.25) is 4.57 Å². The minimum atomic E-state index is -3.87. The number of thiophene rings is 1. The van der Waals surface area contributed by atoms with E-state index >= 15 is 0 Å². The maximum absolute atomic E-state index is 11.7. The highest BCUT2D eigenvalue weighted by Crippen LogP contribution is 2.36. The molecule has 0 radical (unpaired) electrons. The summed E-state index contributed by atoms with van der Waals surface area (Å²) in [6, 6.07) is 2.04. The van der Waals surface area contributed by atoms with Crippen molar-refractivity contribution in [3.8, 4) is 10.7 Å². The van der Waals surface area contributed by atoms with Crippen LogP contribution in [0, 0.1) is 0 Å². The third-order valence-corrected chi connectivity index (χ3v) is 5.67. The molecule has 8 heteroatoms. The first-order valence-electron chi connectivity index (χ1n) is 6.97. The van der Waals surface area contributed by atoms with Gasteiger partial charge in [0.2, 0.25) is 0 Å². The Morgan fingerprint density at radius 1 is 1.29 bits per heavy atom. The highest BCUT2D eigenvalue weighted by Gasteiger charge is 2.25. The Bertz CT molecular complexity index is 751. The first kappa shape index (κ1) is 14.7. The van der Waals surface area contributed by atoms with Gasteiger partial charge in [0, 0.05) is 10.9 Å². The Kier molecular flexibility index (Phi) is 3.62. The lowest BCUT2D eigenvalue weighted by atomic mass is 9.99. The summed E-state index contributed by atoms with van der Waals surface area (Å²) in [6.45, 7) is 3.80. The zero-order valence-corrected chi connectivity index (χ0v) is 13.7. The molecule has 0 spiro atoms. The van der Waals surface area contributed by atoms with Gasteiger partial charge in [-0.05, 0) is 51.2 Å². The normalized spacial score (nSPS) is 15.4. The summed E-state index contributed by atoms with van der Waals surface area (Å²) in [5.74, 6) is 0.591. The van der Waals surface area contributed by atoms with Gasteiger partial charge >= 0.3 is 0 Å². The Hall–Kier alpha value is -1.25. The predicted molar refractivity (Wildman–Crippen MR) is 81.7 cm³/mol. The van der Waals surface area contributed by atoms with Crippen LogP contribution >= 0.6 is 11.3 Å². The molecule has 1 aliphatic rings. The lowest BCUT2D eigenvalue weighted by Crippen LogP contribution is -2.19. The Morgan fingerprint density at radius 3 is 2.62 bits per heavy atom. The van der Waals surface area contributed by atoms with Gasteiger partial charge in [-0.2, -0.15) is 0 Å². The number of aryl methyl sites for hydroxylation is 2. The number of aromatic nitrogens is 3. The van der Waals surface area contributed by atoms with Crippen LogP contribution in [-0.4, -0.2) is 23.2 Å². The fourth-order valence-electron chi connectivity index (χ4n) is 2.71. The minimum Gasteiger partial charge on any atom is -0.294 e. The second-order valence-electron chi connectivity index (χ2n) is 5.58. The van der Waals surface area contributed by atoms with Crippen molar-refractivity contribution in [2.24, 2.45) is 5.14 Å². The molecule has 0 fully saturated rings. The van der Waals surface area contributed by atoms with Crippen LogP contribution in [0.15, 0.2) is 11.2 Å². The number of nitrogens with zero attached hydrogens (tertiary/aromatic N) is 3. The predicted octanol–water partition coefficient (Wildman–Crippen LogP) is 2.11. The molecule has 2 N–H and O–H groups in total. The number of sulfonamides is 1. The maximum Gasteiger partial charge on any atom is 0.273 e. The van der Waals surface area contributed by atoms with Crippen LogP contribution < -0.4 is 5.14 Å². The summed E-state index contributed by atoms with van der Waals surface area (Å²) in [7, 11) is -3.87. The first-order chi connectivity index (χ1) is 9.88. The lowest BCUT2D eigenvalue weighted by molar-refractivity contribution is 0.525. The molecule has 0 unspecified atom stereocenters. The van der Waals surface area contributed by atoms with Crippen molar-refractivity contribution in [1.82, 2.24) is 14.8 Å². The molecule has 21 heavy (non-hydrogen) atoms. The van der Waals surface area contributed by atoms with E-state index in [1.165, 1.54) is 23.3 Å². The monoisotopic (exact) mass is 326 g/mol. The standard InChI is InChI=1S/C13H18N4O2S2/c1-8(2)17-12(15-16-13(17)21(14,18)19)11-7-9-5-3-4-6-10(9)20-11/h7-8H,3-6H2,1-2H3,(H2,14,18,19). The Labute approximate surface area is 128 Å². The van der Waals surface area contributed by atoms with Crippen molar-refractivity contribution in [3.63, 3.8) is 0 Å². The maximum atomic E-state index is 11.7. The molecule has 6 nitrogen and oxygen atoms in total. The van der Waals surface area contributed by atoms with E-state index in [1.54, 1.807) is 15.9 Å². The van der Waals surface area contributed by atoms with E-state index in [-0.39, 0.29) is 11.2 Å². The van der Waals surface area contributed by atoms with Gasteiger partial charge in [0.15, 0.2) is 5.82 Å². The van der Waals surface area contributed by atoms with E-state index in [0.717, 1.165) is 17.7 Å². The molecule has 0 saturated carbocycles. The molecule has 1 aliphatic carbocycles. The van der Waals surface area contributed by atoms with Crippen molar-refractivity contribution in [2.45, 2.75) is 50.7 Å². The van der Waals surface area contributed by atoms with Crippen LogP contribution in [0.1, 0.15) is 43.2 Å². The average Bonchev–Trinajstić information content (AvgIpc) is 3.01. The second kappa shape index (κ2) is 5.19. The van der Waals surface area contributed by atoms with Crippen molar-refractivity contribution in [1.29, 1.82) is 0 Å². The summed E-state index contributed by atoms with van der Waals surface area (Å²) in [6.07, 6.45) is 4.61. The zero-order valence-electron chi connectivity index (χ0n) is 12.0. The highest BCUT2D eigenvalue weighted by molar-refractivity contribution is 7.89. The Morgan fingerprint density at radius 2 is 2.00 bits per heavy atom. The third kappa shape index (κ3) is 2.63. The van der Waals surface area contributed by atoms with Gasteiger partial charge in [-0.1, -0.05) is 0 Å². The molecular formula is C13H18N4O2S2. The van der Waals surface area contributed by atoms with Crippen LogP contribution in [0.4, 0.5) is 0 Å². The van der Waals surface area contributed by atoms with Crippen molar-refractivity contribution >= 4 is 21.4 Å². The van der Waals surface area contributed by atoms with E-state index in [4.69, 9.17) is 5.14 Å². The van der Waals surface area contributed by atoms with Crippen molar-refractivity contribution in [3.05, 3.63) is 16.5 Å². The quantitative estimate of drug-likeness (QED) is 0.935. The van der Waals surface area contributed by atoms with Gasteiger partial charge in [0.05, 0.1) is 4.88 Å². The average molecular weight is 326 g/mol. The molecule has 114 valence electrons. The molecule has 0 aromatic carbocycles. The van der Waals surface area contributed by atoms with E-state index in [2.05, 4.69) is 16.3 Å². The number of hydrogen-bond donors (Lipinski definition) is 1. The number of rotatable bonds is 3. The molecule has 0 amide bonds. The largest absolute Gasteiger partial charge is 0.294 e. The number of fused-ring (bicyclic) bond motifs is 1. The topological polar surface area (TPSA) is 90.9 Å². The van der Waals surface area contributed by atoms with Gasteiger partial charge in [-0.25, -0.2) is 13.6 Å². The molecular weight excluding hydrogens is 308 g/mol. The molecule has 0 bridgehead atoms. The fourth-order valence-corrected chi connectivity index (χ4v) is 4.67. The Balaban J connectivity index is 2.15. The SMILES string of the molecule is CC(C)n1c(-c2cc3c(s2)CCCC3)nnc1S(N)(=O)=O. The second-order valence-corrected chi connectivity index (χ2v) is 8.17. The zero-order chi connectivity index (χ0) is 15.2. The summed E-state index contributed by atoms with van der Waals surface area (Å²) in [5.41, 5.74) is 1.36. The van der Waals surface area contributed by atoms with Gasteiger partial charge in [0.25, 0.3) is 15.2 Å². The van der Waals surface area contributed by atoms with Crippen LogP contribution in [0.25, 0.3) is 10.7 Å². The summed E-state index contributed by atoms with van der Waals surface area (Å²) < 4.78 is 24.9. The van der Waals surface area contributed by atoms with E-state index in [0.29, 0.717) is 5.82 Å². The van der Waals surface area contributed by atoms with E-state index < -0.39 is 10.0 Å². The smallest absolute Gasteiger partial charge is 0.273 e. The highest BCUT2D eigenvalue weighted by atomic mass is 32.2. The molecule has 2 aromatic rings. The van der Waals surface area contributed by atoms with Crippen molar-refractivity contribution < 1.29 is 8.42 Å². The fraction of sp³-hybridized carbons (Fsp3) is 0.538. The molecule has 0 aliphatic heterocycles. The molecule has 2 heterocycles. The number of hydrogen-bond acceptors (Lipinski definition) is 5.